The quantitative estimate of drug-likeness (QED) is 0.0757. The molecule has 0 saturated heterocycles. The fourth-order valence-corrected chi connectivity index (χ4v) is 6.21. The van der Waals surface area contributed by atoms with Crippen LogP contribution in [0.15, 0.2) is 89.7 Å². The number of hydrogen-bond acceptors (Lipinski definition) is 9. The fourth-order valence-electron chi connectivity index (χ4n) is 5.11. The van der Waals surface area contributed by atoms with E-state index in [0.29, 0.717) is 22.2 Å². The number of fused-ring (bicyclic) bond motifs is 2. The summed E-state index contributed by atoms with van der Waals surface area (Å²) >= 11 is 1.54. The van der Waals surface area contributed by atoms with Gasteiger partial charge in [0.05, 0.1) is 19.6 Å². The Morgan fingerprint density at radius 3 is 2.14 bits per heavy atom. The minimum absolute atomic E-state index is 0.0829. The Bertz CT molecular complexity index is 1960. The molecular weight excluding hydrogens is 648 g/mol. The maximum absolute atomic E-state index is 13.1. The second kappa shape index (κ2) is 17.6. The van der Waals surface area contributed by atoms with Crippen molar-refractivity contribution < 1.29 is 38.8 Å². The molecule has 0 fully saturated rings. The number of amides is 1. The summed E-state index contributed by atoms with van der Waals surface area (Å²) in [5.74, 6) is -2.02. The zero-order valence-electron chi connectivity index (χ0n) is 27.4. The van der Waals surface area contributed by atoms with Crippen LogP contribution in [-0.2, 0) is 27.3 Å². The molecule has 0 aliphatic carbocycles. The van der Waals surface area contributed by atoms with Gasteiger partial charge in [0.15, 0.2) is 23.5 Å². The van der Waals surface area contributed by atoms with Crippen molar-refractivity contribution in [1.29, 1.82) is 0 Å². The van der Waals surface area contributed by atoms with Gasteiger partial charge in [-0.05, 0) is 92.5 Å². The highest BCUT2D eigenvalue weighted by Crippen LogP contribution is 2.30. The van der Waals surface area contributed by atoms with E-state index in [1.54, 1.807) is 20.3 Å². The molecule has 12 heteroatoms. The Morgan fingerprint density at radius 1 is 0.776 bits per heavy atom. The third-order valence-electron chi connectivity index (χ3n) is 7.50. The van der Waals surface area contributed by atoms with E-state index in [9.17, 15) is 9.59 Å². The van der Waals surface area contributed by atoms with Gasteiger partial charge in [-0.3, -0.25) is 9.59 Å². The zero-order chi connectivity index (χ0) is 35.3. The highest BCUT2D eigenvalue weighted by molar-refractivity contribution is 7.24. The molecule has 0 saturated carbocycles. The summed E-state index contributed by atoms with van der Waals surface area (Å²) in [6.45, 7) is 1.65. The Hall–Kier alpha value is -5.46. The summed E-state index contributed by atoms with van der Waals surface area (Å²) in [6.07, 6.45) is 3.11. The number of benzene rings is 4. The molecule has 4 aromatic carbocycles. The second-order valence-corrected chi connectivity index (χ2v) is 12.2. The summed E-state index contributed by atoms with van der Waals surface area (Å²) in [6, 6.07) is 27.0. The van der Waals surface area contributed by atoms with Gasteiger partial charge in [-0.2, -0.15) is 0 Å². The lowest BCUT2D eigenvalue weighted by atomic mass is 10.1. The van der Waals surface area contributed by atoms with E-state index < -0.39 is 11.9 Å². The van der Waals surface area contributed by atoms with Crippen molar-refractivity contribution in [3.05, 3.63) is 106 Å². The van der Waals surface area contributed by atoms with Crippen molar-refractivity contribution in [3.8, 4) is 17.2 Å². The van der Waals surface area contributed by atoms with E-state index in [2.05, 4.69) is 23.3 Å². The first-order chi connectivity index (χ1) is 23.6. The molecule has 0 aliphatic rings. The number of hydrogen-bond donors (Lipinski definition) is 3. The van der Waals surface area contributed by atoms with Gasteiger partial charge in [0.2, 0.25) is 0 Å². The third-order valence-corrected chi connectivity index (χ3v) is 8.64. The van der Waals surface area contributed by atoms with Crippen LogP contribution in [0.5, 0.6) is 17.2 Å². The van der Waals surface area contributed by atoms with Crippen molar-refractivity contribution in [1.82, 2.24) is 4.90 Å². The molecule has 3 N–H and O–H groups in total. The van der Waals surface area contributed by atoms with Gasteiger partial charge < -0.3 is 34.6 Å². The lowest BCUT2D eigenvalue weighted by molar-refractivity contribution is -0.159. The van der Waals surface area contributed by atoms with Crippen LogP contribution in [0.2, 0.25) is 0 Å². The topological polar surface area (TPSA) is 152 Å². The van der Waals surface area contributed by atoms with Crippen molar-refractivity contribution in [2.75, 3.05) is 39.7 Å². The number of carbonyl (C=O) groups is 3. The predicted octanol–water partition coefficient (Wildman–Crippen LogP) is 6.06. The molecule has 1 heterocycles. The molecule has 0 spiro atoms. The molecule has 1 aromatic heterocycles. The normalized spacial score (nSPS) is 10.7. The van der Waals surface area contributed by atoms with E-state index in [0.717, 1.165) is 53.3 Å². The van der Waals surface area contributed by atoms with Crippen LogP contribution >= 0.6 is 11.3 Å². The van der Waals surface area contributed by atoms with E-state index in [4.69, 9.17) is 34.0 Å². The minimum Gasteiger partial charge on any atom is -0.493 e. The average Bonchev–Trinajstić information content (AvgIpc) is 3.10. The van der Waals surface area contributed by atoms with Crippen LogP contribution < -0.4 is 25.0 Å². The number of unbranched alkanes of at least 4 members (excludes halogenated alkanes) is 1. The number of carboxylic acids is 2. The van der Waals surface area contributed by atoms with Gasteiger partial charge in [0.1, 0.15) is 5.75 Å². The van der Waals surface area contributed by atoms with Gasteiger partial charge in [0, 0.05) is 27.0 Å². The van der Waals surface area contributed by atoms with E-state index in [-0.39, 0.29) is 17.9 Å². The first-order valence-corrected chi connectivity index (χ1v) is 16.2. The maximum atomic E-state index is 13.1. The smallest absolute Gasteiger partial charge is 0.414 e. The summed E-state index contributed by atoms with van der Waals surface area (Å²) in [5.41, 5.74) is 3.04. The lowest BCUT2D eigenvalue weighted by Crippen LogP contribution is -2.20. The first kappa shape index (κ1) is 36.4. The number of nitrogens with one attached hydrogen (secondary N) is 1. The second-order valence-electron chi connectivity index (χ2n) is 11.1. The average molecular weight is 687 g/mol. The van der Waals surface area contributed by atoms with Crippen LogP contribution in [0.4, 0.5) is 5.69 Å². The molecular formula is C37H38N2O9S. The number of ether oxygens (including phenoxy) is 3. The molecule has 1 amide bonds. The largest absolute Gasteiger partial charge is 0.493 e. The number of carbonyl (C=O) groups excluding carboxylic acids is 1. The number of aryl methyl sites for hydroxylation is 1. The van der Waals surface area contributed by atoms with Crippen LogP contribution in [-0.4, -0.2) is 67.4 Å². The first-order valence-electron chi connectivity index (χ1n) is 15.4. The Balaban J connectivity index is 0.000000827. The molecule has 11 nitrogen and oxygen atoms in total. The van der Waals surface area contributed by atoms with Gasteiger partial charge >= 0.3 is 11.9 Å². The minimum atomic E-state index is -1.82. The molecule has 5 aromatic rings. The van der Waals surface area contributed by atoms with Gasteiger partial charge in [-0.1, -0.05) is 36.4 Å². The highest BCUT2D eigenvalue weighted by Gasteiger charge is 2.13. The van der Waals surface area contributed by atoms with Crippen molar-refractivity contribution >= 4 is 55.0 Å². The molecule has 256 valence electrons. The summed E-state index contributed by atoms with van der Waals surface area (Å²) in [7, 11) is 5.42. The van der Waals surface area contributed by atoms with E-state index in [1.165, 1.54) is 22.5 Å². The van der Waals surface area contributed by atoms with Crippen molar-refractivity contribution in [2.24, 2.45) is 0 Å². The zero-order valence-corrected chi connectivity index (χ0v) is 28.2. The van der Waals surface area contributed by atoms with Crippen LogP contribution in [0.25, 0.3) is 20.2 Å². The third kappa shape index (κ3) is 10.3. The number of rotatable bonds is 13. The predicted molar refractivity (Wildman–Crippen MR) is 190 cm³/mol. The van der Waals surface area contributed by atoms with Gasteiger partial charge in [-0.25, -0.2) is 9.59 Å². The molecule has 0 bridgehead atoms. The number of anilines is 1. The molecule has 0 aliphatic heterocycles. The standard InChI is InChI=1S/C35H36N2O5S.C2H2O4/c1-37(22-25-16-19-28(40-2)30(21-25)41-3)20-7-6-9-24-14-17-26(18-15-24)36-33(38)23-42-29-11-8-13-32-34(29)35(39)27-10-4-5-12-31(27)43-32;3-1(4)2(5)6/h4-5,8,10-19,21H,6-7,9,20,22-23H2,1-3H3,(H,36,38);(H,3,4)(H,5,6). The van der Waals surface area contributed by atoms with Crippen LogP contribution in [0, 0.1) is 0 Å². The van der Waals surface area contributed by atoms with Gasteiger partial charge in [0.25, 0.3) is 5.91 Å². The Morgan fingerprint density at radius 2 is 1.45 bits per heavy atom. The summed E-state index contributed by atoms with van der Waals surface area (Å²) in [5, 5.41) is 18.8. The number of aliphatic carboxylic acids is 2. The summed E-state index contributed by atoms with van der Waals surface area (Å²) in [4.78, 5) is 46.3. The number of methoxy groups -OCH3 is 2. The molecule has 0 atom stereocenters. The monoisotopic (exact) mass is 686 g/mol. The maximum Gasteiger partial charge on any atom is 0.414 e. The molecule has 0 unspecified atom stereocenters. The van der Waals surface area contributed by atoms with Gasteiger partial charge in [-0.15, -0.1) is 11.3 Å². The van der Waals surface area contributed by atoms with Crippen LogP contribution in [0.3, 0.4) is 0 Å². The fraction of sp³-hybridized carbons (Fsp3) is 0.243. The number of carboxylic acid groups (broad SMARTS) is 2. The Labute approximate surface area is 287 Å². The molecule has 0 radical (unpaired) electrons. The lowest BCUT2D eigenvalue weighted by Gasteiger charge is -2.18. The molecule has 49 heavy (non-hydrogen) atoms. The summed E-state index contributed by atoms with van der Waals surface area (Å²) < 4.78 is 18.3. The van der Waals surface area contributed by atoms with E-state index >= 15 is 0 Å². The highest BCUT2D eigenvalue weighted by atomic mass is 32.1. The molecule has 5 rings (SSSR count). The van der Waals surface area contributed by atoms with Crippen molar-refractivity contribution in [3.63, 3.8) is 0 Å². The van der Waals surface area contributed by atoms with E-state index in [1.807, 2.05) is 72.8 Å². The SMILES string of the molecule is COc1ccc(CN(C)CCCCc2ccc(NC(=O)COc3cccc4sc5ccccc5c(=O)c34)cc2)cc1OC.O=C(O)C(=O)O. The Kier molecular flexibility index (Phi) is 13.1. The van der Waals surface area contributed by atoms with Crippen molar-refractivity contribution in [2.45, 2.75) is 25.8 Å². The number of nitrogens with zero attached hydrogens (tertiary/aromatic N) is 1. The van der Waals surface area contributed by atoms with Crippen LogP contribution in [0.1, 0.15) is 24.0 Å².